The quantitative estimate of drug-likeness (QED) is 0.713. The molecule has 1 aliphatic rings. The fourth-order valence-corrected chi connectivity index (χ4v) is 1.56. The molecular formula is C11H12N2O3. The number of Topliss-reactive ketones (excluding diaryl/α,β-unsaturated/α-hetero) is 1. The van der Waals surface area contributed by atoms with Gasteiger partial charge in [-0.1, -0.05) is 0 Å². The third-order valence-electron chi connectivity index (χ3n) is 2.47. The predicted octanol–water partition coefficient (Wildman–Crippen LogP) is 1.10. The summed E-state index contributed by atoms with van der Waals surface area (Å²) in [5.74, 6) is 0.402. The van der Waals surface area contributed by atoms with Crippen molar-refractivity contribution in [2.45, 2.75) is 25.7 Å². The largest absolute Gasteiger partial charge is 0.461 e. The molecule has 1 aromatic heterocycles. The van der Waals surface area contributed by atoms with Crippen molar-refractivity contribution in [1.29, 1.82) is 0 Å². The van der Waals surface area contributed by atoms with Crippen LogP contribution in [0.25, 0.3) is 0 Å². The molecule has 0 saturated heterocycles. The van der Waals surface area contributed by atoms with E-state index in [4.69, 9.17) is 4.74 Å². The number of carbonyl (C=O) groups excluding carboxylic acids is 2. The zero-order valence-corrected chi connectivity index (χ0v) is 8.97. The molecule has 0 spiro atoms. The maximum absolute atomic E-state index is 11.4. The first-order valence-corrected chi connectivity index (χ1v) is 5.22. The normalized spacial score (nSPS) is 15.7. The van der Waals surface area contributed by atoms with Crippen LogP contribution >= 0.6 is 0 Å². The zero-order valence-electron chi connectivity index (χ0n) is 8.97. The van der Waals surface area contributed by atoms with E-state index < -0.39 is 5.97 Å². The lowest BCUT2D eigenvalue weighted by Gasteiger charge is -2.22. The van der Waals surface area contributed by atoms with Gasteiger partial charge in [0.2, 0.25) is 0 Å². The Balaban J connectivity index is 2.13. The van der Waals surface area contributed by atoms with Crippen LogP contribution in [0.1, 0.15) is 42.0 Å². The summed E-state index contributed by atoms with van der Waals surface area (Å²) in [4.78, 5) is 30.4. The molecule has 0 aromatic carbocycles. The molecule has 16 heavy (non-hydrogen) atoms. The van der Waals surface area contributed by atoms with Gasteiger partial charge >= 0.3 is 5.97 Å². The highest BCUT2D eigenvalue weighted by atomic mass is 16.5. The van der Waals surface area contributed by atoms with Crippen LogP contribution in [0, 0.1) is 0 Å². The summed E-state index contributed by atoms with van der Waals surface area (Å²) in [6, 6.07) is 1.52. The lowest BCUT2D eigenvalue weighted by Crippen LogP contribution is -2.24. The third kappa shape index (κ3) is 2.08. The van der Waals surface area contributed by atoms with Crippen molar-refractivity contribution < 1.29 is 14.3 Å². The van der Waals surface area contributed by atoms with Gasteiger partial charge in [-0.2, -0.15) is 0 Å². The minimum absolute atomic E-state index is 0.0712. The SMILES string of the molecule is CCOC(=O)c1ccnc(C2CC(=O)C2)n1. The summed E-state index contributed by atoms with van der Waals surface area (Å²) in [7, 11) is 0. The number of aromatic nitrogens is 2. The molecular weight excluding hydrogens is 208 g/mol. The van der Waals surface area contributed by atoms with Crippen molar-refractivity contribution >= 4 is 11.8 Å². The van der Waals surface area contributed by atoms with Crippen LogP contribution in [0.5, 0.6) is 0 Å². The van der Waals surface area contributed by atoms with Crippen LogP contribution in [0.3, 0.4) is 0 Å². The van der Waals surface area contributed by atoms with Crippen molar-refractivity contribution in [3.8, 4) is 0 Å². The molecule has 0 N–H and O–H groups in total. The van der Waals surface area contributed by atoms with E-state index in [0.29, 0.717) is 25.3 Å². The Morgan fingerprint density at radius 2 is 2.31 bits per heavy atom. The standard InChI is InChI=1S/C11H12N2O3/c1-2-16-11(15)9-3-4-12-10(13-9)7-5-8(14)6-7/h3-4,7H,2,5-6H2,1H3. The molecule has 0 unspecified atom stereocenters. The van der Waals surface area contributed by atoms with Gasteiger partial charge in [0.15, 0.2) is 5.69 Å². The molecule has 2 rings (SSSR count). The molecule has 1 fully saturated rings. The zero-order chi connectivity index (χ0) is 11.5. The number of rotatable bonds is 3. The minimum atomic E-state index is -0.447. The Kier molecular flexibility index (Phi) is 2.94. The molecule has 84 valence electrons. The summed E-state index contributed by atoms with van der Waals surface area (Å²) < 4.78 is 4.84. The lowest BCUT2D eigenvalue weighted by molar-refractivity contribution is -0.124. The Labute approximate surface area is 92.9 Å². The Bertz CT molecular complexity index is 423. The van der Waals surface area contributed by atoms with Crippen molar-refractivity contribution in [2.24, 2.45) is 0 Å². The second kappa shape index (κ2) is 4.38. The van der Waals surface area contributed by atoms with E-state index >= 15 is 0 Å². The van der Waals surface area contributed by atoms with Gasteiger partial charge in [0.1, 0.15) is 11.6 Å². The van der Waals surface area contributed by atoms with Gasteiger partial charge in [-0.15, -0.1) is 0 Å². The van der Waals surface area contributed by atoms with E-state index in [1.165, 1.54) is 12.3 Å². The summed E-state index contributed by atoms with van der Waals surface area (Å²) in [6.45, 7) is 2.06. The van der Waals surface area contributed by atoms with Crippen LogP contribution < -0.4 is 0 Å². The van der Waals surface area contributed by atoms with E-state index in [-0.39, 0.29) is 17.4 Å². The molecule has 1 aliphatic carbocycles. The molecule has 5 nitrogen and oxygen atoms in total. The number of hydrogen-bond donors (Lipinski definition) is 0. The average molecular weight is 220 g/mol. The first-order valence-electron chi connectivity index (χ1n) is 5.22. The Hall–Kier alpha value is -1.78. The molecule has 1 aromatic rings. The second-order valence-corrected chi connectivity index (χ2v) is 3.66. The molecule has 5 heteroatoms. The maximum atomic E-state index is 11.4. The molecule has 0 atom stereocenters. The first kappa shape index (κ1) is 10.7. The highest BCUT2D eigenvalue weighted by Crippen LogP contribution is 2.31. The highest BCUT2D eigenvalue weighted by molar-refractivity contribution is 5.88. The van der Waals surface area contributed by atoms with E-state index in [2.05, 4.69) is 9.97 Å². The van der Waals surface area contributed by atoms with Crippen molar-refractivity contribution in [3.05, 3.63) is 23.8 Å². The van der Waals surface area contributed by atoms with Crippen molar-refractivity contribution in [2.75, 3.05) is 6.61 Å². The fourth-order valence-electron chi connectivity index (χ4n) is 1.56. The number of ketones is 1. The predicted molar refractivity (Wildman–Crippen MR) is 55.0 cm³/mol. The minimum Gasteiger partial charge on any atom is -0.461 e. The molecule has 1 heterocycles. The lowest BCUT2D eigenvalue weighted by atomic mass is 9.83. The van der Waals surface area contributed by atoms with Gasteiger partial charge in [-0.3, -0.25) is 4.79 Å². The van der Waals surface area contributed by atoms with Crippen LogP contribution in [0.15, 0.2) is 12.3 Å². The maximum Gasteiger partial charge on any atom is 0.357 e. The average Bonchev–Trinajstić information content (AvgIpc) is 2.25. The number of nitrogens with zero attached hydrogens (tertiary/aromatic N) is 2. The topological polar surface area (TPSA) is 69.2 Å². The van der Waals surface area contributed by atoms with Crippen molar-refractivity contribution in [1.82, 2.24) is 9.97 Å². The van der Waals surface area contributed by atoms with E-state index in [1.54, 1.807) is 6.92 Å². The van der Waals surface area contributed by atoms with E-state index in [9.17, 15) is 9.59 Å². The molecule has 1 saturated carbocycles. The molecule has 0 amide bonds. The van der Waals surface area contributed by atoms with Crippen LogP contribution in [-0.2, 0) is 9.53 Å². The molecule has 0 radical (unpaired) electrons. The van der Waals surface area contributed by atoms with Gasteiger partial charge in [0.25, 0.3) is 0 Å². The highest BCUT2D eigenvalue weighted by Gasteiger charge is 2.30. The van der Waals surface area contributed by atoms with Crippen LogP contribution in [0.2, 0.25) is 0 Å². The van der Waals surface area contributed by atoms with Crippen LogP contribution in [-0.4, -0.2) is 28.3 Å². The Morgan fingerprint density at radius 3 is 2.94 bits per heavy atom. The summed E-state index contributed by atoms with van der Waals surface area (Å²) in [6.07, 6.45) is 2.48. The second-order valence-electron chi connectivity index (χ2n) is 3.66. The summed E-state index contributed by atoms with van der Waals surface area (Å²) in [5.41, 5.74) is 0.256. The number of carbonyl (C=O) groups is 2. The smallest absolute Gasteiger partial charge is 0.357 e. The van der Waals surface area contributed by atoms with E-state index in [1.807, 2.05) is 0 Å². The van der Waals surface area contributed by atoms with E-state index in [0.717, 1.165) is 0 Å². The monoisotopic (exact) mass is 220 g/mol. The van der Waals surface area contributed by atoms with Gasteiger partial charge < -0.3 is 4.74 Å². The summed E-state index contributed by atoms with van der Waals surface area (Å²) >= 11 is 0. The first-order chi connectivity index (χ1) is 7.70. The van der Waals surface area contributed by atoms with Gasteiger partial charge in [0.05, 0.1) is 6.61 Å². The number of hydrogen-bond acceptors (Lipinski definition) is 5. The number of ether oxygens (including phenoxy) is 1. The fraction of sp³-hybridized carbons (Fsp3) is 0.455. The number of esters is 1. The molecule has 0 bridgehead atoms. The summed E-state index contributed by atoms with van der Waals surface area (Å²) in [5, 5.41) is 0. The molecule has 0 aliphatic heterocycles. The Morgan fingerprint density at radius 1 is 1.56 bits per heavy atom. The van der Waals surface area contributed by atoms with Gasteiger partial charge in [-0.05, 0) is 13.0 Å². The van der Waals surface area contributed by atoms with Gasteiger partial charge in [-0.25, -0.2) is 14.8 Å². The van der Waals surface area contributed by atoms with Crippen LogP contribution in [0.4, 0.5) is 0 Å². The third-order valence-corrected chi connectivity index (χ3v) is 2.47. The van der Waals surface area contributed by atoms with Gasteiger partial charge in [0, 0.05) is 25.0 Å². The van der Waals surface area contributed by atoms with Crippen molar-refractivity contribution in [3.63, 3.8) is 0 Å².